The number of hydrogen-bond acceptors (Lipinski definition) is 3. The summed E-state index contributed by atoms with van der Waals surface area (Å²) in [5, 5.41) is 3.42. The van der Waals surface area contributed by atoms with Gasteiger partial charge in [0.2, 0.25) is 5.91 Å². The number of amides is 1. The summed E-state index contributed by atoms with van der Waals surface area (Å²) in [6, 6.07) is 1.12. The van der Waals surface area contributed by atoms with Gasteiger partial charge in [-0.05, 0) is 33.4 Å². The largest absolute Gasteiger partial charge is 0.348 e. The number of piperidine rings is 1. The van der Waals surface area contributed by atoms with E-state index in [-0.39, 0.29) is 5.91 Å². The van der Waals surface area contributed by atoms with Crippen molar-refractivity contribution in [1.29, 1.82) is 0 Å². The average Bonchev–Trinajstić information content (AvgIpc) is 2.17. The molecule has 88 valence electrons. The van der Waals surface area contributed by atoms with Gasteiger partial charge in [-0.3, -0.25) is 9.69 Å². The maximum atomic E-state index is 11.5. The second-order valence-corrected chi connectivity index (χ2v) is 4.74. The second-order valence-electron chi connectivity index (χ2n) is 4.74. The summed E-state index contributed by atoms with van der Waals surface area (Å²) < 4.78 is 0. The van der Waals surface area contributed by atoms with Gasteiger partial charge in [0, 0.05) is 26.2 Å². The van der Waals surface area contributed by atoms with E-state index >= 15 is 0 Å². The van der Waals surface area contributed by atoms with Crippen molar-refractivity contribution in [3.05, 3.63) is 0 Å². The van der Waals surface area contributed by atoms with E-state index in [1.54, 1.807) is 19.0 Å². The summed E-state index contributed by atoms with van der Waals surface area (Å²) in [5.41, 5.74) is 0. The molecule has 4 nitrogen and oxygen atoms in total. The van der Waals surface area contributed by atoms with Crippen LogP contribution >= 0.6 is 0 Å². The smallest absolute Gasteiger partial charge is 0.236 e. The van der Waals surface area contributed by atoms with Crippen LogP contribution in [0.1, 0.15) is 19.8 Å². The molecule has 1 rings (SSSR count). The molecule has 4 heteroatoms. The molecule has 1 fully saturated rings. The topological polar surface area (TPSA) is 35.6 Å². The molecule has 1 N–H and O–H groups in total. The Hall–Kier alpha value is -0.610. The first kappa shape index (κ1) is 12.5. The van der Waals surface area contributed by atoms with E-state index in [1.165, 1.54) is 0 Å². The van der Waals surface area contributed by atoms with Crippen molar-refractivity contribution < 1.29 is 4.79 Å². The normalized spacial score (nSPS) is 26.7. The van der Waals surface area contributed by atoms with Gasteiger partial charge >= 0.3 is 0 Å². The zero-order valence-electron chi connectivity index (χ0n) is 10.3. The van der Waals surface area contributed by atoms with Crippen molar-refractivity contribution in [3.63, 3.8) is 0 Å². The van der Waals surface area contributed by atoms with Gasteiger partial charge in [0.1, 0.15) is 0 Å². The van der Waals surface area contributed by atoms with Crippen LogP contribution in [0.15, 0.2) is 0 Å². The quantitative estimate of drug-likeness (QED) is 0.725. The number of rotatable bonds is 3. The highest BCUT2D eigenvalue weighted by Crippen LogP contribution is 2.13. The molecule has 0 aromatic rings. The highest BCUT2D eigenvalue weighted by molar-refractivity contribution is 5.77. The van der Waals surface area contributed by atoms with Gasteiger partial charge in [-0.15, -0.1) is 0 Å². The number of likely N-dealkylation sites (N-methyl/N-ethyl adjacent to an activating group) is 2. The Kier molecular flexibility index (Phi) is 4.54. The molecule has 2 atom stereocenters. The molecule has 1 aliphatic heterocycles. The van der Waals surface area contributed by atoms with E-state index in [2.05, 4.69) is 17.1 Å². The summed E-state index contributed by atoms with van der Waals surface area (Å²) in [7, 11) is 5.66. The third-order valence-electron chi connectivity index (χ3n) is 3.10. The fourth-order valence-electron chi connectivity index (χ4n) is 1.99. The Morgan fingerprint density at radius 1 is 1.40 bits per heavy atom. The lowest BCUT2D eigenvalue weighted by Crippen LogP contribution is -2.48. The van der Waals surface area contributed by atoms with Crippen LogP contribution in [-0.4, -0.2) is 62.0 Å². The van der Waals surface area contributed by atoms with E-state index < -0.39 is 0 Å². The van der Waals surface area contributed by atoms with E-state index in [0.29, 0.717) is 18.6 Å². The number of nitrogens with one attached hydrogen (secondary N) is 1. The first-order valence-electron chi connectivity index (χ1n) is 5.64. The molecule has 0 spiro atoms. The zero-order valence-corrected chi connectivity index (χ0v) is 10.3. The van der Waals surface area contributed by atoms with E-state index in [4.69, 9.17) is 0 Å². The Morgan fingerprint density at radius 3 is 2.60 bits per heavy atom. The molecule has 15 heavy (non-hydrogen) atoms. The predicted octanol–water partition coefficient (Wildman–Crippen LogP) is 0.147. The minimum atomic E-state index is 0.184. The summed E-state index contributed by atoms with van der Waals surface area (Å²) in [5.74, 6) is 0.184. The van der Waals surface area contributed by atoms with Crippen LogP contribution in [-0.2, 0) is 4.79 Å². The minimum Gasteiger partial charge on any atom is -0.348 e. The first-order chi connectivity index (χ1) is 7.00. The van der Waals surface area contributed by atoms with Gasteiger partial charge in [0.05, 0.1) is 6.54 Å². The van der Waals surface area contributed by atoms with Crippen molar-refractivity contribution in [2.75, 3.05) is 34.2 Å². The highest BCUT2D eigenvalue weighted by atomic mass is 16.2. The van der Waals surface area contributed by atoms with Crippen molar-refractivity contribution in [2.24, 2.45) is 0 Å². The Morgan fingerprint density at radius 2 is 2.07 bits per heavy atom. The third-order valence-corrected chi connectivity index (χ3v) is 3.10. The van der Waals surface area contributed by atoms with Crippen LogP contribution in [0.4, 0.5) is 0 Å². The molecule has 0 radical (unpaired) electrons. The predicted molar refractivity (Wildman–Crippen MR) is 61.8 cm³/mol. The molecule has 0 bridgehead atoms. The van der Waals surface area contributed by atoms with Crippen molar-refractivity contribution in [2.45, 2.75) is 31.8 Å². The van der Waals surface area contributed by atoms with Crippen molar-refractivity contribution in [3.8, 4) is 0 Å². The average molecular weight is 213 g/mol. The molecule has 1 heterocycles. The van der Waals surface area contributed by atoms with Crippen LogP contribution in [0, 0.1) is 0 Å². The monoisotopic (exact) mass is 213 g/mol. The molecular weight excluding hydrogens is 190 g/mol. The highest BCUT2D eigenvalue weighted by Gasteiger charge is 2.23. The van der Waals surface area contributed by atoms with E-state index in [1.807, 2.05) is 7.05 Å². The SMILES string of the molecule is CC1CC(N(C)CC(=O)N(C)C)CCN1. The van der Waals surface area contributed by atoms with Crippen LogP contribution in [0.3, 0.4) is 0 Å². The summed E-state index contributed by atoms with van der Waals surface area (Å²) in [6.07, 6.45) is 2.28. The van der Waals surface area contributed by atoms with E-state index in [9.17, 15) is 4.79 Å². The molecule has 2 unspecified atom stereocenters. The van der Waals surface area contributed by atoms with Crippen LogP contribution in [0.2, 0.25) is 0 Å². The molecule has 0 saturated carbocycles. The number of hydrogen-bond donors (Lipinski definition) is 1. The van der Waals surface area contributed by atoms with Gasteiger partial charge in [-0.25, -0.2) is 0 Å². The van der Waals surface area contributed by atoms with Crippen molar-refractivity contribution in [1.82, 2.24) is 15.1 Å². The van der Waals surface area contributed by atoms with Gasteiger partial charge in [-0.2, -0.15) is 0 Å². The van der Waals surface area contributed by atoms with Gasteiger partial charge in [-0.1, -0.05) is 0 Å². The summed E-state index contributed by atoms with van der Waals surface area (Å²) in [6.45, 7) is 3.80. The molecule has 0 aromatic carbocycles. The standard InChI is InChI=1S/C11H23N3O/c1-9-7-10(5-6-12-9)14(4)8-11(15)13(2)3/h9-10,12H,5-8H2,1-4H3. The first-order valence-corrected chi connectivity index (χ1v) is 5.64. The molecule has 1 aliphatic rings. The number of carbonyl (C=O) groups excluding carboxylic acids is 1. The third kappa shape index (κ3) is 3.80. The fourth-order valence-corrected chi connectivity index (χ4v) is 1.99. The Bertz CT molecular complexity index is 218. The Labute approximate surface area is 92.6 Å². The lowest BCUT2D eigenvalue weighted by atomic mass is 9.99. The molecule has 0 aliphatic carbocycles. The maximum absolute atomic E-state index is 11.5. The summed E-state index contributed by atoms with van der Waals surface area (Å²) in [4.78, 5) is 15.4. The number of nitrogens with zero attached hydrogens (tertiary/aromatic N) is 2. The lowest BCUT2D eigenvalue weighted by Gasteiger charge is -2.34. The minimum absolute atomic E-state index is 0.184. The van der Waals surface area contributed by atoms with E-state index in [0.717, 1.165) is 19.4 Å². The zero-order chi connectivity index (χ0) is 11.4. The second kappa shape index (κ2) is 5.47. The van der Waals surface area contributed by atoms with Gasteiger partial charge < -0.3 is 10.2 Å². The Balaban J connectivity index is 2.38. The molecule has 1 amide bonds. The van der Waals surface area contributed by atoms with Gasteiger partial charge in [0.15, 0.2) is 0 Å². The maximum Gasteiger partial charge on any atom is 0.236 e. The van der Waals surface area contributed by atoms with Crippen LogP contribution in [0.5, 0.6) is 0 Å². The lowest BCUT2D eigenvalue weighted by molar-refractivity contribution is -0.130. The number of carbonyl (C=O) groups is 1. The van der Waals surface area contributed by atoms with Crippen LogP contribution in [0.25, 0.3) is 0 Å². The van der Waals surface area contributed by atoms with Crippen LogP contribution < -0.4 is 5.32 Å². The molecule has 1 saturated heterocycles. The summed E-state index contributed by atoms with van der Waals surface area (Å²) >= 11 is 0. The molecule has 0 aromatic heterocycles. The molecular formula is C11H23N3O. The van der Waals surface area contributed by atoms with Crippen molar-refractivity contribution >= 4 is 5.91 Å². The fraction of sp³-hybridized carbons (Fsp3) is 0.909. The van der Waals surface area contributed by atoms with Gasteiger partial charge in [0.25, 0.3) is 0 Å².